The molecule has 19 heavy (non-hydrogen) atoms. The third-order valence-corrected chi connectivity index (χ3v) is 4.86. The van der Waals surface area contributed by atoms with Gasteiger partial charge in [0.15, 0.2) is 9.84 Å². The summed E-state index contributed by atoms with van der Waals surface area (Å²) in [5.41, 5.74) is 3.50. The Labute approximate surface area is 121 Å². The van der Waals surface area contributed by atoms with Crippen molar-refractivity contribution in [2.45, 2.75) is 19.9 Å². The van der Waals surface area contributed by atoms with Gasteiger partial charge in [-0.2, -0.15) is 0 Å². The van der Waals surface area contributed by atoms with Gasteiger partial charge in [-0.3, -0.25) is 4.79 Å². The second-order valence-corrected chi connectivity index (χ2v) is 8.00. The van der Waals surface area contributed by atoms with E-state index in [9.17, 15) is 13.2 Å². The van der Waals surface area contributed by atoms with Crippen LogP contribution in [0.4, 0.5) is 0 Å². The number of aryl methyl sites for hydroxylation is 1. The minimum atomic E-state index is -3.27. The highest BCUT2D eigenvalue weighted by Gasteiger charge is 2.23. The molecule has 0 aliphatic carbocycles. The number of halogens is 1. The lowest BCUT2D eigenvalue weighted by Crippen LogP contribution is -2.39. The number of carbonyl (C=O) groups excluding carboxylic acids is 1. The Morgan fingerprint density at radius 1 is 1.37 bits per heavy atom. The Morgan fingerprint density at radius 2 is 2.05 bits per heavy atom. The first-order chi connectivity index (χ1) is 8.76. The van der Waals surface area contributed by atoms with E-state index in [0.29, 0.717) is 13.1 Å². The maximum Gasteiger partial charge on any atom is 0.238 e. The first kappa shape index (κ1) is 14.5. The van der Waals surface area contributed by atoms with Gasteiger partial charge in [-0.1, -0.05) is 22.0 Å². The number of sulfone groups is 1. The molecule has 0 spiro atoms. The SMILES string of the molecule is Cc1cc2c(cc1Br)CN(C(=O)CS(C)(=O)=O)CC2. The van der Waals surface area contributed by atoms with Crippen LogP contribution in [0.25, 0.3) is 0 Å². The van der Waals surface area contributed by atoms with Crippen molar-refractivity contribution >= 4 is 31.7 Å². The van der Waals surface area contributed by atoms with Crippen molar-refractivity contribution < 1.29 is 13.2 Å². The maximum atomic E-state index is 11.9. The number of hydrogen-bond donors (Lipinski definition) is 0. The summed E-state index contributed by atoms with van der Waals surface area (Å²) in [6.45, 7) is 3.11. The highest BCUT2D eigenvalue weighted by atomic mass is 79.9. The smallest absolute Gasteiger partial charge is 0.238 e. The van der Waals surface area contributed by atoms with E-state index in [0.717, 1.165) is 22.7 Å². The number of carbonyl (C=O) groups is 1. The van der Waals surface area contributed by atoms with Crippen LogP contribution in [0.5, 0.6) is 0 Å². The standard InChI is InChI=1S/C13H16BrNO3S/c1-9-5-10-3-4-15(7-11(10)6-12(9)14)13(16)8-19(2,17)18/h5-6H,3-4,7-8H2,1-2H3. The van der Waals surface area contributed by atoms with Gasteiger partial charge >= 0.3 is 0 Å². The van der Waals surface area contributed by atoms with Crippen LogP contribution in [0, 0.1) is 6.92 Å². The average Bonchev–Trinajstić information content (AvgIpc) is 2.27. The van der Waals surface area contributed by atoms with Crippen molar-refractivity contribution in [2.24, 2.45) is 0 Å². The zero-order valence-corrected chi connectivity index (χ0v) is 13.3. The lowest BCUT2D eigenvalue weighted by atomic mass is 9.98. The van der Waals surface area contributed by atoms with Crippen molar-refractivity contribution in [2.75, 3.05) is 18.6 Å². The van der Waals surface area contributed by atoms with Gasteiger partial charge in [-0.15, -0.1) is 0 Å². The largest absolute Gasteiger partial charge is 0.337 e. The molecule has 0 unspecified atom stereocenters. The molecule has 1 aliphatic rings. The van der Waals surface area contributed by atoms with E-state index < -0.39 is 15.6 Å². The van der Waals surface area contributed by atoms with E-state index in [1.165, 1.54) is 11.1 Å². The zero-order chi connectivity index (χ0) is 14.2. The van der Waals surface area contributed by atoms with Crippen LogP contribution in [0.15, 0.2) is 16.6 Å². The molecule has 4 nitrogen and oxygen atoms in total. The van der Waals surface area contributed by atoms with Gasteiger partial charge in [0.25, 0.3) is 0 Å². The summed E-state index contributed by atoms with van der Waals surface area (Å²) < 4.78 is 23.4. The van der Waals surface area contributed by atoms with E-state index >= 15 is 0 Å². The van der Waals surface area contributed by atoms with E-state index in [-0.39, 0.29) is 5.91 Å². The van der Waals surface area contributed by atoms with Gasteiger partial charge in [-0.25, -0.2) is 8.42 Å². The lowest BCUT2D eigenvalue weighted by molar-refractivity contribution is -0.129. The summed E-state index contributed by atoms with van der Waals surface area (Å²) in [4.78, 5) is 13.5. The molecule has 0 bridgehead atoms. The fourth-order valence-electron chi connectivity index (χ4n) is 2.23. The summed E-state index contributed by atoms with van der Waals surface area (Å²) in [5, 5.41) is 0. The van der Waals surface area contributed by atoms with Gasteiger partial charge in [0, 0.05) is 23.8 Å². The Hall–Kier alpha value is -0.880. The molecule has 1 heterocycles. The second kappa shape index (κ2) is 5.25. The number of nitrogens with zero attached hydrogens (tertiary/aromatic N) is 1. The summed E-state index contributed by atoms with van der Waals surface area (Å²) in [6.07, 6.45) is 1.86. The van der Waals surface area contributed by atoms with Gasteiger partial charge < -0.3 is 4.90 Å². The van der Waals surface area contributed by atoms with E-state index in [1.807, 2.05) is 13.0 Å². The summed E-state index contributed by atoms with van der Waals surface area (Å²) in [6, 6.07) is 4.14. The van der Waals surface area contributed by atoms with Crippen LogP contribution in [0.2, 0.25) is 0 Å². The quantitative estimate of drug-likeness (QED) is 0.819. The zero-order valence-electron chi connectivity index (χ0n) is 10.9. The van der Waals surface area contributed by atoms with Crippen molar-refractivity contribution in [1.82, 2.24) is 4.90 Å². The first-order valence-corrected chi connectivity index (χ1v) is 8.85. The van der Waals surface area contributed by atoms with Crippen molar-refractivity contribution in [3.63, 3.8) is 0 Å². The molecule has 0 radical (unpaired) electrons. The molecule has 0 saturated carbocycles. The normalized spacial score (nSPS) is 15.2. The minimum Gasteiger partial charge on any atom is -0.337 e. The third-order valence-electron chi connectivity index (χ3n) is 3.23. The molecule has 0 N–H and O–H groups in total. The van der Waals surface area contributed by atoms with Gasteiger partial charge in [0.05, 0.1) is 0 Å². The van der Waals surface area contributed by atoms with E-state index in [1.54, 1.807) is 4.90 Å². The first-order valence-electron chi connectivity index (χ1n) is 5.99. The lowest BCUT2D eigenvalue weighted by Gasteiger charge is -2.29. The highest BCUT2D eigenvalue weighted by Crippen LogP contribution is 2.26. The predicted octanol–water partition coefficient (Wildman–Crippen LogP) is 1.69. The molecule has 1 aromatic carbocycles. The molecule has 6 heteroatoms. The average molecular weight is 346 g/mol. The molecule has 1 aliphatic heterocycles. The van der Waals surface area contributed by atoms with Crippen LogP contribution in [-0.2, 0) is 27.6 Å². The van der Waals surface area contributed by atoms with Crippen LogP contribution in [0.1, 0.15) is 16.7 Å². The van der Waals surface area contributed by atoms with Gasteiger partial charge in [0.1, 0.15) is 5.75 Å². The molecule has 0 saturated heterocycles. The van der Waals surface area contributed by atoms with Gasteiger partial charge in [-0.05, 0) is 36.1 Å². The van der Waals surface area contributed by atoms with Crippen LogP contribution < -0.4 is 0 Å². The maximum absolute atomic E-state index is 11.9. The van der Waals surface area contributed by atoms with Crippen LogP contribution >= 0.6 is 15.9 Å². The number of benzene rings is 1. The number of fused-ring (bicyclic) bond motifs is 1. The molecule has 0 atom stereocenters. The number of rotatable bonds is 2. The molecule has 0 aromatic heterocycles. The molecular weight excluding hydrogens is 330 g/mol. The molecular formula is C13H16BrNO3S. The van der Waals surface area contributed by atoms with Crippen LogP contribution in [-0.4, -0.2) is 37.8 Å². The minimum absolute atomic E-state index is 0.315. The molecule has 1 aromatic rings. The predicted molar refractivity (Wildman–Crippen MR) is 77.7 cm³/mol. The fourth-order valence-corrected chi connectivity index (χ4v) is 3.25. The molecule has 2 rings (SSSR count). The third kappa shape index (κ3) is 3.57. The van der Waals surface area contributed by atoms with Crippen molar-refractivity contribution in [3.8, 4) is 0 Å². The van der Waals surface area contributed by atoms with E-state index in [2.05, 4.69) is 22.0 Å². The van der Waals surface area contributed by atoms with Gasteiger partial charge in [0.2, 0.25) is 5.91 Å². The summed E-state index contributed by atoms with van der Waals surface area (Å²) >= 11 is 3.48. The topological polar surface area (TPSA) is 54.5 Å². The monoisotopic (exact) mass is 345 g/mol. The molecule has 104 valence electrons. The second-order valence-electron chi connectivity index (χ2n) is 5.01. The summed E-state index contributed by atoms with van der Waals surface area (Å²) in [5.74, 6) is -0.722. The highest BCUT2D eigenvalue weighted by molar-refractivity contribution is 9.10. The summed E-state index contributed by atoms with van der Waals surface area (Å²) in [7, 11) is -3.27. The Balaban J connectivity index is 2.18. The Morgan fingerprint density at radius 3 is 2.68 bits per heavy atom. The number of amides is 1. The Bertz CT molecular complexity index is 625. The Kier molecular flexibility index (Phi) is 4.01. The molecule has 0 fully saturated rings. The van der Waals surface area contributed by atoms with Crippen LogP contribution in [0.3, 0.4) is 0 Å². The van der Waals surface area contributed by atoms with E-state index in [4.69, 9.17) is 0 Å². The van der Waals surface area contributed by atoms with Crippen molar-refractivity contribution in [1.29, 1.82) is 0 Å². The molecule has 1 amide bonds. The fraction of sp³-hybridized carbons (Fsp3) is 0.462. The number of hydrogen-bond acceptors (Lipinski definition) is 3. The van der Waals surface area contributed by atoms with Crippen molar-refractivity contribution in [3.05, 3.63) is 33.3 Å².